The Morgan fingerprint density at radius 2 is 1.84 bits per heavy atom. The molecule has 0 aliphatic rings. The summed E-state index contributed by atoms with van der Waals surface area (Å²) in [5.74, 6) is 2.44. The number of aromatic nitrogens is 1. The molecule has 0 spiro atoms. The fraction of sp³-hybridized carbons (Fsp3) is 0.286. The zero-order valence-corrected chi connectivity index (χ0v) is 15.6. The average Bonchev–Trinajstić information content (AvgIpc) is 3.06. The van der Waals surface area contributed by atoms with Crippen LogP contribution in [-0.2, 0) is 6.42 Å². The molecule has 0 aliphatic heterocycles. The number of benzene rings is 1. The van der Waals surface area contributed by atoms with Gasteiger partial charge in [-0.1, -0.05) is 37.6 Å². The molecule has 25 heavy (non-hydrogen) atoms. The van der Waals surface area contributed by atoms with Crippen molar-refractivity contribution in [2.24, 2.45) is 5.92 Å². The van der Waals surface area contributed by atoms with E-state index in [-0.39, 0.29) is 0 Å². The van der Waals surface area contributed by atoms with E-state index in [2.05, 4.69) is 44.0 Å². The molecule has 0 radical (unpaired) electrons. The molecule has 0 atom stereocenters. The Bertz CT molecular complexity index is 1090. The highest BCUT2D eigenvalue weighted by Crippen LogP contribution is 2.37. The van der Waals surface area contributed by atoms with Crippen molar-refractivity contribution >= 4 is 33.5 Å². The van der Waals surface area contributed by atoms with E-state index in [9.17, 15) is 0 Å². The SMILES string of the molecule is Cc1c(CC(C)C)oc2cc(-c3oc4c(Cl)nccc4c3C)ccc12. The third-order valence-electron chi connectivity index (χ3n) is 4.70. The summed E-state index contributed by atoms with van der Waals surface area (Å²) in [7, 11) is 0. The maximum absolute atomic E-state index is 6.17. The van der Waals surface area contributed by atoms with Crippen LogP contribution in [0, 0.1) is 19.8 Å². The molecular weight excluding hydrogens is 334 g/mol. The van der Waals surface area contributed by atoms with Crippen LogP contribution in [0.1, 0.15) is 30.7 Å². The maximum atomic E-state index is 6.17. The van der Waals surface area contributed by atoms with Gasteiger partial charge in [-0.05, 0) is 37.5 Å². The largest absolute Gasteiger partial charge is 0.461 e. The minimum Gasteiger partial charge on any atom is -0.461 e. The van der Waals surface area contributed by atoms with Crippen molar-refractivity contribution < 1.29 is 8.83 Å². The molecule has 0 unspecified atom stereocenters. The Morgan fingerprint density at radius 1 is 1.04 bits per heavy atom. The molecule has 0 bridgehead atoms. The second-order valence-electron chi connectivity index (χ2n) is 6.99. The third-order valence-corrected chi connectivity index (χ3v) is 4.97. The second-order valence-corrected chi connectivity index (χ2v) is 7.35. The van der Waals surface area contributed by atoms with E-state index in [1.807, 2.05) is 13.0 Å². The quantitative estimate of drug-likeness (QED) is 0.384. The minimum absolute atomic E-state index is 0.390. The number of fused-ring (bicyclic) bond motifs is 2. The predicted octanol–water partition coefficient (Wildman–Crippen LogP) is 6.71. The number of aryl methyl sites for hydroxylation is 2. The molecule has 0 saturated heterocycles. The topological polar surface area (TPSA) is 39.2 Å². The van der Waals surface area contributed by atoms with Crippen LogP contribution in [0.5, 0.6) is 0 Å². The van der Waals surface area contributed by atoms with Crippen LogP contribution in [0.4, 0.5) is 0 Å². The van der Waals surface area contributed by atoms with E-state index in [4.69, 9.17) is 20.4 Å². The fourth-order valence-electron chi connectivity index (χ4n) is 3.37. The summed E-state index contributed by atoms with van der Waals surface area (Å²) < 4.78 is 12.2. The van der Waals surface area contributed by atoms with E-state index in [0.29, 0.717) is 16.7 Å². The fourth-order valence-corrected chi connectivity index (χ4v) is 3.57. The minimum atomic E-state index is 0.390. The van der Waals surface area contributed by atoms with Crippen LogP contribution in [0.2, 0.25) is 5.15 Å². The van der Waals surface area contributed by atoms with Gasteiger partial charge in [0.2, 0.25) is 0 Å². The van der Waals surface area contributed by atoms with Gasteiger partial charge in [-0.2, -0.15) is 0 Å². The molecule has 0 N–H and O–H groups in total. The van der Waals surface area contributed by atoms with Crippen LogP contribution >= 0.6 is 11.6 Å². The van der Waals surface area contributed by atoms with E-state index < -0.39 is 0 Å². The standard InChI is InChI=1S/C21H20ClNO2/c1-11(2)9-17-12(3)15-6-5-14(10-18(15)24-17)19-13(4)16-7-8-23-21(22)20(16)25-19/h5-8,10-11H,9H2,1-4H3. The Kier molecular flexibility index (Phi) is 3.84. The molecule has 3 aromatic heterocycles. The number of nitrogens with zero attached hydrogens (tertiary/aromatic N) is 1. The van der Waals surface area contributed by atoms with Gasteiger partial charge in [-0.25, -0.2) is 4.98 Å². The third kappa shape index (κ3) is 2.63. The lowest BCUT2D eigenvalue weighted by Gasteiger charge is -2.01. The molecule has 3 nitrogen and oxygen atoms in total. The number of pyridine rings is 1. The summed E-state index contributed by atoms with van der Waals surface area (Å²) in [4.78, 5) is 4.10. The Morgan fingerprint density at radius 3 is 2.56 bits per heavy atom. The van der Waals surface area contributed by atoms with Gasteiger partial charge in [0.15, 0.2) is 10.7 Å². The first-order chi connectivity index (χ1) is 12.0. The molecule has 0 saturated carbocycles. The van der Waals surface area contributed by atoms with Crippen molar-refractivity contribution in [2.45, 2.75) is 34.1 Å². The Hall–Kier alpha value is -2.26. The maximum Gasteiger partial charge on any atom is 0.172 e. The van der Waals surface area contributed by atoms with Crippen LogP contribution in [0.3, 0.4) is 0 Å². The van der Waals surface area contributed by atoms with Crippen LogP contribution in [0.15, 0.2) is 39.3 Å². The average molecular weight is 354 g/mol. The lowest BCUT2D eigenvalue weighted by Crippen LogP contribution is -1.93. The number of halogens is 1. The zero-order valence-electron chi connectivity index (χ0n) is 14.8. The first-order valence-electron chi connectivity index (χ1n) is 8.51. The molecule has 1 aromatic carbocycles. The molecule has 0 amide bonds. The first kappa shape index (κ1) is 16.2. The first-order valence-corrected chi connectivity index (χ1v) is 8.89. The van der Waals surface area contributed by atoms with Crippen LogP contribution in [0.25, 0.3) is 33.3 Å². The zero-order chi connectivity index (χ0) is 17.7. The summed E-state index contributed by atoms with van der Waals surface area (Å²) >= 11 is 6.17. The molecule has 128 valence electrons. The summed E-state index contributed by atoms with van der Waals surface area (Å²) in [6.45, 7) is 8.57. The molecule has 4 aromatic rings. The molecular formula is C21H20ClNO2. The predicted molar refractivity (Wildman–Crippen MR) is 102 cm³/mol. The molecule has 4 heteroatoms. The van der Waals surface area contributed by atoms with Crippen molar-refractivity contribution in [3.05, 3.63) is 52.5 Å². The van der Waals surface area contributed by atoms with Gasteiger partial charge >= 0.3 is 0 Å². The van der Waals surface area contributed by atoms with E-state index >= 15 is 0 Å². The summed E-state index contributed by atoms with van der Waals surface area (Å²) in [5, 5.41) is 2.54. The lowest BCUT2D eigenvalue weighted by molar-refractivity contribution is 0.496. The number of hydrogen-bond acceptors (Lipinski definition) is 3. The summed E-state index contributed by atoms with van der Waals surface area (Å²) in [6, 6.07) is 8.17. The van der Waals surface area contributed by atoms with Gasteiger partial charge in [0.25, 0.3) is 0 Å². The van der Waals surface area contributed by atoms with Crippen LogP contribution in [-0.4, -0.2) is 4.98 Å². The Balaban J connectivity index is 1.87. The highest BCUT2D eigenvalue weighted by Gasteiger charge is 2.17. The van der Waals surface area contributed by atoms with Crippen molar-refractivity contribution in [2.75, 3.05) is 0 Å². The van der Waals surface area contributed by atoms with Gasteiger partial charge in [0, 0.05) is 34.5 Å². The number of rotatable bonds is 3. The van der Waals surface area contributed by atoms with Crippen molar-refractivity contribution in [3.63, 3.8) is 0 Å². The summed E-state index contributed by atoms with van der Waals surface area (Å²) in [5.41, 5.74) is 4.80. The van der Waals surface area contributed by atoms with Gasteiger partial charge in [-0.15, -0.1) is 0 Å². The lowest BCUT2D eigenvalue weighted by atomic mass is 10.0. The van der Waals surface area contributed by atoms with Gasteiger partial charge < -0.3 is 8.83 Å². The van der Waals surface area contributed by atoms with Gasteiger partial charge in [-0.3, -0.25) is 0 Å². The van der Waals surface area contributed by atoms with E-state index in [1.165, 1.54) is 5.56 Å². The normalized spacial score (nSPS) is 11.9. The molecule has 4 rings (SSSR count). The van der Waals surface area contributed by atoms with E-state index in [0.717, 1.165) is 45.4 Å². The van der Waals surface area contributed by atoms with Crippen molar-refractivity contribution in [1.29, 1.82) is 0 Å². The van der Waals surface area contributed by atoms with Crippen molar-refractivity contribution in [1.82, 2.24) is 4.98 Å². The molecule has 0 fully saturated rings. The highest BCUT2D eigenvalue weighted by atomic mass is 35.5. The van der Waals surface area contributed by atoms with E-state index in [1.54, 1.807) is 6.20 Å². The monoisotopic (exact) mass is 353 g/mol. The summed E-state index contributed by atoms with van der Waals surface area (Å²) in [6.07, 6.45) is 2.65. The number of hydrogen-bond donors (Lipinski definition) is 0. The van der Waals surface area contributed by atoms with Gasteiger partial charge in [0.1, 0.15) is 17.1 Å². The Labute approximate surface area is 151 Å². The number of furan rings is 2. The van der Waals surface area contributed by atoms with Crippen LogP contribution < -0.4 is 0 Å². The second kappa shape index (κ2) is 5.92. The smallest absolute Gasteiger partial charge is 0.172 e. The van der Waals surface area contributed by atoms with Crippen molar-refractivity contribution in [3.8, 4) is 11.3 Å². The molecule has 0 aliphatic carbocycles. The molecule has 3 heterocycles. The van der Waals surface area contributed by atoms with Gasteiger partial charge in [0.05, 0.1) is 0 Å². The highest BCUT2D eigenvalue weighted by molar-refractivity contribution is 6.33.